The molecular formula is C18H18N2O4S. The van der Waals surface area contributed by atoms with Crippen LogP contribution >= 0.6 is 11.3 Å². The average molecular weight is 358 g/mol. The number of hydrogen-bond acceptors (Lipinski definition) is 6. The van der Waals surface area contributed by atoms with Crippen molar-refractivity contribution in [1.82, 2.24) is 5.16 Å². The van der Waals surface area contributed by atoms with Crippen molar-refractivity contribution in [3.63, 3.8) is 0 Å². The predicted molar refractivity (Wildman–Crippen MR) is 96.3 cm³/mol. The van der Waals surface area contributed by atoms with Crippen molar-refractivity contribution >= 4 is 23.1 Å². The van der Waals surface area contributed by atoms with Gasteiger partial charge in [-0.05, 0) is 35.6 Å². The number of nitrogens with zero attached hydrogens (tertiary/aromatic N) is 1. The summed E-state index contributed by atoms with van der Waals surface area (Å²) in [6.07, 6.45) is 2.64. The molecule has 0 bridgehead atoms. The number of aryl methyl sites for hydroxylation is 1. The lowest BCUT2D eigenvalue weighted by Gasteiger charge is -2.09. The molecule has 1 N–H and O–H groups in total. The van der Waals surface area contributed by atoms with Crippen molar-refractivity contribution < 1.29 is 18.8 Å². The summed E-state index contributed by atoms with van der Waals surface area (Å²) in [6, 6.07) is 9.45. The van der Waals surface area contributed by atoms with E-state index in [1.165, 1.54) is 4.88 Å². The fraction of sp³-hybridized carbons (Fsp3) is 0.222. The highest BCUT2D eigenvalue weighted by Crippen LogP contribution is 2.35. The number of hydrogen-bond donors (Lipinski definition) is 1. The predicted octanol–water partition coefficient (Wildman–Crippen LogP) is 3.99. The number of methoxy groups -OCH3 is 2. The van der Waals surface area contributed by atoms with Crippen LogP contribution in [0.25, 0.3) is 11.1 Å². The number of thiophene rings is 1. The zero-order valence-electron chi connectivity index (χ0n) is 13.9. The third kappa shape index (κ3) is 4.00. The number of aromatic nitrogens is 1. The number of carbonyl (C=O) groups is 1. The van der Waals surface area contributed by atoms with Crippen LogP contribution in [0.5, 0.6) is 11.5 Å². The molecule has 25 heavy (non-hydrogen) atoms. The van der Waals surface area contributed by atoms with Gasteiger partial charge in [-0.3, -0.25) is 10.1 Å². The first-order valence-corrected chi connectivity index (χ1v) is 8.58. The lowest BCUT2D eigenvalue weighted by Crippen LogP contribution is -2.12. The van der Waals surface area contributed by atoms with Gasteiger partial charge in [-0.15, -0.1) is 11.3 Å². The Bertz CT molecular complexity index is 843. The van der Waals surface area contributed by atoms with Crippen LogP contribution in [-0.4, -0.2) is 25.3 Å². The Hall–Kier alpha value is -2.80. The highest BCUT2D eigenvalue weighted by Gasteiger charge is 2.15. The molecule has 0 saturated carbocycles. The first kappa shape index (κ1) is 17.0. The van der Waals surface area contributed by atoms with Gasteiger partial charge in [0, 0.05) is 11.3 Å². The van der Waals surface area contributed by atoms with Gasteiger partial charge in [0.05, 0.1) is 26.0 Å². The van der Waals surface area contributed by atoms with Gasteiger partial charge in [0.15, 0.2) is 11.5 Å². The second-order valence-corrected chi connectivity index (χ2v) is 6.30. The van der Waals surface area contributed by atoms with Crippen LogP contribution in [0.15, 0.2) is 46.4 Å². The number of amides is 1. The molecule has 0 fully saturated rings. The maximum atomic E-state index is 12.2. The van der Waals surface area contributed by atoms with E-state index in [-0.39, 0.29) is 5.91 Å². The Morgan fingerprint density at radius 3 is 2.80 bits per heavy atom. The van der Waals surface area contributed by atoms with Gasteiger partial charge in [0.25, 0.3) is 0 Å². The molecule has 0 radical (unpaired) electrons. The molecule has 2 aromatic heterocycles. The summed E-state index contributed by atoms with van der Waals surface area (Å²) in [5.41, 5.74) is 1.50. The van der Waals surface area contributed by atoms with E-state index in [1.54, 1.807) is 37.8 Å². The normalized spacial score (nSPS) is 10.5. The number of carbonyl (C=O) groups excluding carboxylic acids is 1. The van der Waals surface area contributed by atoms with Crippen molar-refractivity contribution in [2.45, 2.75) is 12.8 Å². The molecule has 0 unspecified atom stereocenters. The lowest BCUT2D eigenvalue weighted by molar-refractivity contribution is -0.116. The zero-order chi connectivity index (χ0) is 17.6. The van der Waals surface area contributed by atoms with E-state index in [2.05, 4.69) is 10.5 Å². The van der Waals surface area contributed by atoms with Crippen LogP contribution in [-0.2, 0) is 11.2 Å². The Kier molecular flexibility index (Phi) is 5.35. The summed E-state index contributed by atoms with van der Waals surface area (Å²) in [7, 11) is 3.15. The maximum Gasteiger partial charge on any atom is 0.239 e. The third-order valence-electron chi connectivity index (χ3n) is 3.70. The summed E-state index contributed by atoms with van der Waals surface area (Å²) < 4.78 is 15.8. The summed E-state index contributed by atoms with van der Waals surface area (Å²) in [5.74, 6) is 1.43. The topological polar surface area (TPSA) is 73.6 Å². The molecule has 0 aliphatic rings. The minimum Gasteiger partial charge on any atom is -0.493 e. The smallest absolute Gasteiger partial charge is 0.239 e. The number of nitrogens with one attached hydrogen (secondary N) is 1. The van der Waals surface area contributed by atoms with E-state index >= 15 is 0 Å². The molecule has 0 spiro atoms. The van der Waals surface area contributed by atoms with E-state index in [0.717, 1.165) is 5.56 Å². The molecule has 0 aliphatic heterocycles. The van der Waals surface area contributed by atoms with Gasteiger partial charge < -0.3 is 14.0 Å². The molecule has 130 valence electrons. The van der Waals surface area contributed by atoms with Crippen LogP contribution in [0.4, 0.5) is 5.88 Å². The summed E-state index contributed by atoms with van der Waals surface area (Å²) in [4.78, 5) is 13.3. The molecule has 1 amide bonds. The Morgan fingerprint density at radius 2 is 2.08 bits per heavy atom. The first-order valence-electron chi connectivity index (χ1n) is 7.70. The van der Waals surface area contributed by atoms with Gasteiger partial charge in [0.2, 0.25) is 11.8 Å². The Labute approximate surface area is 149 Å². The van der Waals surface area contributed by atoms with Crippen LogP contribution < -0.4 is 14.8 Å². The maximum absolute atomic E-state index is 12.2. The Balaban J connectivity index is 1.73. The van der Waals surface area contributed by atoms with E-state index < -0.39 is 0 Å². The second-order valence-electron chi connectivity index (χ2n) is 5.27. The van der Waals surface area contributed by atoms with Gasteiger partial charge in [-0.1, -0.05) is 17.3 Å². The van der Waals surface area contributed by atoms with Gasteiger partial charge in [0.1, 0.15) is 0 Å². The largest absolute Gasteiger partial charge is 0.493 e. The monoisotopic (exact) mass is 358 g/mol. The molecule has 2 heterocycles. The number of anilines is 1. The molecule has 7 heteroatoms. The average Bonchev–Trinajstić information content (AvgIpc) is 3.31. The molecule has 3 aromatic rings. The van der Waals surface area contributed by atoms with Crippen molar-refractivity contribution in [1.29, 1.82) is 0 Å². The van der Waals surface area contributed by atoms with E-state index in [9.17, 15) is 4.79 Å². The quantitative estimate of drug-likeness (QED) is 0.691. The third-order valence-corrected chi connectivity index (χ3v) is 4.63. The number of benzene rings is 1. The molecule has 0 atom stereocenters. The van der Waals surface area contributed by atoms with Crippen LogP contribution in [0.3, 0.4) is 0 Å². The first-order chi connectivity index (χ1) is 12.2. The van der Waals surface area contributed by atoms with Gasteiger partial charge in [-0.25, -0.2) is 0 Å². The van der Waals surface area contributed by atoms with Gasteiger partial charge in [-0.2, -0.15) is 0 Å². The van der Waals surface area contributed by atoms with Crippen molar-refractivity contribution in [3.8, 4) is 22.6 Å². The fourth-order valence-electron chi connectivity index (χ4n) is 2.42. The van der Waals surface area contributed by atoms with Crippen LogP contribution in [0.1, 0.15) is 11.3 Å². The minimum absolute atomic E-state index is 0.119. The van der Waals surface area contributed by atoms with Crippen LogP contribution in [0, 0.1) is 0 Å². The summed E-state index contributed by atoms with van der Waals surface area (Å²) >= 11 is 1.64. The number of ether oxygens (including phenoxy) is 2. The number of rotatable bonds is 7. The summed E-state index contributed by atoms with van der Waals surface area (Å²) in [5, 5.41) is 8.58. The van der Waals surface area contributed by atoms with Gasteiger partial charge >= 0.3 is 0 Å². The van der Waals surface area contributed by atoms with Crippen molar-refractivity contribution in [2.24, 2.45) is 0 Å². The standard InChI is InChI=1S/C18H18N2O4S/c1-22-15-7-5-12(10-16(15)23-2)14-11-19-24-18(14)20-17(21)8-6-13-4-3-9-25-13/h3-5,7,9-11H,6,8H2,1-2H3,(H,20,21). The molecule has 3 rings (SSSR count). The van der Waals surface area contributed by atoms with E-state index in [0.29, 0.717) is 35.8 Å². The lowest BCUT2D eigenvalue weighted by atomic mass is 10.1. The van der Waals surface area contributed by atoms with E-state index in [4.69, 9.17) is 14.0 Å². The molecule has 6 nitrogen and oxygen atoms in total. The zero-order valence-corrected chi connectivity index (χ0v) is 14.8. The van der Waals surface area contributed by atoms with Crippen molar-refractivity contribution in [3.05, 3.63) is 46.8 Å². The molecule has 0 saturated heterocycles. The molecule has 1 aromatic carbocycles. The summed E-state index contributed by atoms with van der Waals surface area (Å²) in [6.45, 7) is 0. The molecule has 0 aliphatic carbocycles. The van der Waals surface area contributed by atoms with Crippen LogP contribution in [0.2, 0.25) is 0 Å². The molecular weight excluding hydrogens is 340 g/mol. The Morgan fingerprint density at radius 1 is 1.24 bits per heavy atom. The highest BCUT2D eigenvalue weighted by molar-refractivity contribution is 7.09. The highest BCUT2D eigenvalue weighted by atomic mass is 32.1. The second kappa shape index (κ2) is 7.85. The fourth-order valence-corrected chi connectivity index (χ4v) is 3.13. The van der Waals surface area contributed by atoms with Crippen molar-refractivity contribution in [2.75, 3.05) is 19.5 Å². The van der Waals surface area contributed by atoms with E-state index in [1.807, 2.05) is 29.6 Å². The minimum atomic E-state index is -0.119. The SMILES string of the molecule is COc1ccc(-c2cnoc2NC(=O)CCc2cccs2)cc1OC.